The molecule has 7 heteroatoms. The maximum atomic E-state index is 12.6. The number of piperazine rings is 1. The maximum absolute atomic E-state index is 12.6. The van der Waals surface area contributed by atoms with Crippen LogP contribution in [0.15, 0.2) is 54.6 Å². The van der Waals surface area contributed by atoms with Crippen LogP contribution < -0.4 is 5.32 Å². The molecular formula is C26H31N3O4. The summed E-state index contributed by atoms with van der Waals surface area (Å²) in [5.74, 6) is -0.346. The van der Waals surface area contributed by atoms with Crippen LogP contribution in [0, 0.1) is 6.92 Å². The van der Waals surface area contributed by atoms with Crippen LogP contribution in [-0.4, -0.2) is 66.9 Å². The molecule has 0 saturated carbocycles. The summed E-state index contributed by atoms with van der Waals surface area (Å²) in [6.07, 6.45) is 3.46. The van der Waals surface area contributed by atoms with Gasteiger partial charge in [0.25, 0.3) is 0 Å². The van der Waals surface area contributed by atoms with Crippen molar-refractivity contribution in [3.63, 3.8) is 0 Å². The Morgan fingerprint density at radius 1 is 1.00 bits per heavy atom. The lowest BCUT2D eigenvalue weighted by Gasteiger charge is -2.34. The third-order valence-corrected chi connectivity index (χ3v) is 5.59. The molecular weight excluding hydrogens is 418 g/mol. The number of benzene rings is 2. The van der Waals surface area contributed by atoms with E-state index in [1.165, 1.54) is 6.08 Å². The molecule has 174 valence electrons. The van der Waals surface area contributed by atoms with E-state index in [2.05, 4.69) is 10.2 Å². The number of nitrogens with one attached hydrogen (secondary N) is 1. The summed E-state index contributed by atoms with van der Waals surface area (Å²) in [6.45, 7) is 6.99. The van der Waals surface area contributed by atoms with E-state index in [9.17, 15) is 14.4 Å². The number of aryl methyl sites for hydroxylation is 1. The van der Waals surface area contributed by atoms with Crippen LogP contribution in [0.3, 0.4) is 0 Å². The summed E-state index contributed by atoms with van der Waals surface area (Å²) >= 11 is 0. The van der Waals surface area contributed by atoms with Crippen LogP contribution in [-0.2, 0) is 25.5 Å². The van der Waals surface area contributed by atoms with Gasteiger partial charge in [0.2, 0.25) is 11.8 Å². The van der Waals surface area contributed by atoms with Crippen LogP contribution in [0.4, 0.5) is 5.69 Å². The van der Waals surface area contributed by atoms with Gasteiger partial charge in [-0.2, -0.15) is 0 Å². The predicted molar refractivity (Wildman–Crippen MR) is 129 cm³/mol. The van der Waals surface area contributed by atoms with Gasteiger partial charge in [-0.25, -0.2) is 4.79 Å². The van der Waals surface area contributed by atoms with Gasteiger partial charge in [-0.3, -0.25) is 14.5 Å². The summed E-state index contributed by atoms with van der Waals surface area (Å²) in [6, 6.07) is 15.2. The minimum Gasteiger partial charge on any atom is -0.463 e. The largest absolute Gasteiger partial charge is 0.463 e. The average Bonchev–Trinajstić information content (AvgIpc) is 2.81. The fourth-order valence-electron chi connectivity index (χ4n) is 3.67. The van der Waals surface area contributed by atoms with Crippen LogP contribution in [0.5, 0.6) is 0 Å². The standard InChI is InChI=1S/C26H31N3O4/c1-3-33-26(32)13-10-21-8-11-23(12-9-21)27-24(30)19-28-14-16-29(17-15-28)25(31)18-22-7-5-4-6-20(22)2/h4-13H,3,14-19H2,1-2H3,(H,27,30)/b13-10+. The van der Waals surface area contributed by atoms with Crippen molar-refractivity contribution >= 4 is 29.5 Å². The number of rotatable bonds is 8. The van der Waals surface area contributed by atoms with Crippen molar-refractivity contribution in [3.8, 4) is 0 Å². The molecule has 0 radical (unpaired) electrons. The third kappa shape index (κ3) is 7.57. The first-order chi connectivity index (χ1) is 15.9. The van der Waals surface area contributed by atoms with Gasteiger partial charge in [0.1, 0.15) is 0 Å². The van der Waals surface area contributed by atoms with Gasteiger partial charge in [-0.15, -0.1) is 0 Å². The summed E-state index contributed by atoms with van der Waals surface area (Å²) < 4.78 is 4.85. The first-order valence-electron chi connectivity index (χ1n) is 11.2. The van der Waals surface area contributed by atoms with Crippen molar-refractivity contribution in [2.24, 2.45) is 0 Å². The van der Waals surface area contributed by atoms with E-state index in [1.807, 2.05) is 48.2 Å². The van der Waals surface area contributed by atoms with Crippen molar-refractivity contribution in [1.29, 1.82) is 0 Å². The minimum absolute atomic E-state index is 0.0931. The number of esters is 1. The molecule has 1 aliphatic rings. The zero-order valence-electron chi connectivity index (χ0n) is 19.3. The fourth-order valence-corrected chi connectivity index (χ4v) is 3.67. The van der Waals surface area contributed by atoms with E-state index < -0.39 is 0 Å². The van der Waals surface area contributed by atoms with Gasteiger partial charge in [0.05, 0.1) is 19.6 Å². The Kier molecular flexibility index (Phi) is 8.78. The summed E-state index contributed by atoms with van der Waals surface area (Å²) in [5.41, 5.74) is 3.73. The van der Waals surface area contributed by atoms with Crippen molar-refractivity contribution in [2.45, 2.75) is 20.3 Å². The number of anilines is 1. The highest BCUT2D eigenvalue weighted by Crippen LogP contribution is 2.13. The average molecular weight is 450 g/mol. The molecule has 7 nitrogen and oxygen atoms in total. The smallest absolute Gasteiger partial charge is 0.330 e. The molecule has 0 aliphatic carbocycles. The normalized spacial score (nSPS) is 14.3. The zero-order valence-corrected chi connectivity index (χ0v) is 19.3. The Balaban J connectivity index is 1.41. The predicted octanol–water partition coefficient (Wildman–Crippen LogP) is 2.90. The molecule has 1 saturated heterocycles. The molecule has 1 aliphatic heterocycles. The SMILES string of the molecule is CCOC(=O)/C=C/c1ccc(NC(=O)CN2CCN(C(=O)Cc3ccccc3C)CC2)cc1. The van der Waals surface area contributed by atoms with Crippen molar-refractivity contribution in [1.82, 2.24) is 9.80 Å². The molecule has 0 bridgehead atoms. The molecule has 0 spiro atoms. The molecule has 1 fully saturated rings. The highest BCUT2D eigenvalue weighted by Gasteiger charge is 2.22. The fraction of sp³-hybridized carbons (Fsp3) is 0.346. The van der Waals surface area contributed by atoms with Gasteiger partial charge in [0, 0.05) is 37.9 Å². The minimum atomic E-state index is -0.383. The van der Waals surface area contributed by atoms with Gasteiger partial charge in [-0.05, 0) is 48.7 Å². The quantitative estimate of drug-likeness (QED) is 0.495. The molecule has 33 heavy (non-hydrogen) atoms. The van der Waals surface area contributed by atoms with E-state index in [4.69, 9.17) is 4.74 Å². The summed E-state index contributed by atoms with van der Waals surface area (Å²) in [5, 5.41) is 2.90. The molecule has 1 N–H and O–H groups in total. The molecule has 3 rings (SSSR count). The van der Waals surface area contributed by atoms with E-state index >= 15 is 0 Å². The van der Waals surface area contributed by atoms with Gasteiger partial charge in [0.15, 0.2) is 0 Å². The molecule has 0 unspecified atom stereocenters. The monoisotopic (exact) mass is 449 g/mol. The highest BCUT2D eigenvalue weighted by molar-refractivity contribution is 5.92. The van der Waals surface area contributed by atoms with Gasteiger partial charge >= 0.3 is 5.97 Å². The number of hydrogen-bond donors (Lipinski definition) is 1. The second-order valence-corrected chi connectivity index (χ2v) is 8.02. The molecule has 1 heterocycles. The van der Waals surface area contributed by atoms with Crippen LogP contribution >= 0.6 is 0 Å². The first kappa shape index (κ1) is 24.2. The maximum Gasteiger partial charge on any atom is 0.330 e. The van der Waals surface area contributed by atoms with E-state index in [1.54, 1.807) is 25.1 Å². The Morgan fingerprint density at radius 2 is 1.70 bits per heavy atom. The Morgan fingerprint density at radius 3 is 2.36 bits per heavy atom. The molecule has 0 atom stereocenters. The lowest BCUT2D eigenvalue weighted by molar-refractivity contribution is -0.137. The Labute approximate surface area is 195 Å². The lowest BCUT2D eigenvalue weighted by atomic mass is 10.1. The van der Waals surface area contributed by atoms with Gasteiger partial charge < -0.3 is 15.0 Å². The van der Waals surface area contributed by atoms with Crippen LogP contribution in [0.25, 0.3) is 6.08 Å². The summed E-state index contributed by atoms with van der Waals surface area (Å²) in [4.78, 5) is 40.4. The van der Waals surface area contributed by atoms with E-state index in [0.717, 1.165) is 16.7 Å². The Bertz CT molecular complexity index is 993. The zero-order chi connectivity index (χ0) is 23.6. The topological polar surface area (TPSA) is 79.0 Å². The summed E-state index contributed by atoms with van der Waals surface area (Å²) in [7, 11) is 0. The van der Waals surface area contributed by atoms with Crippen molar-refractivity contribution in [2.75, 3.05) is 44.6 Å². The lowest BCUT2D eigenvalue weighted by Crippen LogP contribution is -2.50. The third-order valence-electron chi connectivity index (χ3n) is 5.59. The number of nitrogens with zero attached hydrogens (tertiary/aromatic N) is 2. The second-order valence-electron chi connectivity index (χ2n) is 8.02. The van der Waals surface area contributed by atoms with E-state index in [-0.39, 0.29) is 24.3 Å². The van der Waals surface area contributed by atoms with E-state index in [0.29, 0.717) is 44.9 Å². The highest BCUT2D eigenvalue weighted by atomic mass is 16.5. The number of ether oxygens (including phenoxy) is 1. The molecule has 2 amide bonds. The number of amides is 2. The Hall–Kier alpha value is -3.45. The van der Waals surface area contributed by atoms with Crippen LogP contribution in [0.1, 0.15) is 23.6 Å². The first-order valence-corrected chi connectivity index (χ1v) is 11.2. The molecule has 2 aromatic carbocycles. The van der Waals surface area contributed by atoms with Crippen molar-refractivity contribution < 1.29 is 19.1 Å². The number of carbonyl (C=O) groups excluding carboxylic acids is 3. The second kappa shape index (κ2) is 12.0. The number of hydrogen-bond acceptors (Lipinski definition) is 5. The molecule has 2 aromatic rings. The van der Waals surface area contributed by atoms with Gasteiger partial charge in [-0.1, -0.05) is 36.4 Å². The molecule has 0 aromatic heterocycles. The number of carbonyl (C=O) groups is 3. The van der Waals surface area contributed by atoms with Crippen LogP contribution in [0.2, 0.25) is 0 Å². The van der Waals surface area contributed by atoms with Crippen molar-refractivity contribution in [3.05, 3.63) is 71.3 Å².